The topological polar surface area (TPSA) is 55.4 Å². The van der Waals surface area contributed by atoms with Gasteiger partial charge in [0.1, 0.15) is 5.69 Å². The van der Waals surface area contributed by atoms with Crippen LogP contribution in [0.15, 0.2) is 29.4 Å². The molecule has 3 nitrogen and oxygen atoms in total. The Balaban J connectivity index is 2.83. The van der Waals surface area contributed by atoms with E-state index in [-0.39, 0.29) is 0 Å². The molecular weight excluding hydrogens is 200 g/mol. The number of fused-ring (bicyclic) bond motifs is 1. The maximum atomic E-state index is 10.6. The minimum atomic E-state index is 0.471. The highest BCUT2D eigenvalue weighted by Crippen LogP contribution is 2.28. The number of nitrogens with two attached hydrogens (primary N) is 1. The predicted octanol–water partition coefficient (Wildman–Crippen LogP) is 3.31. The SMILES string of the molecule is Cc1cc(CN)cc2cc(N=O)cc(C)c12. The van der Waals surface area contributed by atoms with Crippen molar-refractivity contribution in [2.75, 3.05) is 0 Å². The first-order chi connectivity index (χ1) is 7.65. The average Bonchev–Trinajstić information content (AvgIpc) is 2.27. The first kappa shape index (κ1) is 10.8. The second-order valence-electron chi connectivity index (χ2n) is 4.07. The Morgan fingerprint density at radius 3 is 2.44 bits per heavy atom. The van der Waals surface area contributed by atoms with E-state index in [9.17, 15) is 4.91 Å². The van der Waals surface area contributed by atoms with Gasteiger partial charge < -0.3 is 5.73 Å². The van der Waals surface area contributed by atoms with Crippen molar-refractivity contribution >= 4 is 16.5 Å². The summed E-state index contributed by atoms with van der Waals surface area (Å²) in [6.07, 6.45) is 0. The van der Waals surface area contributed by atoms with E-state index in [2.05, 4.69) is 18.2 Å². The third kappa shape index (κ3) is 1.70. The Morgan fingerprint density at radius 2 is 1.81 bits per heavy atom. The molecule has 0 radical (unpaired) electrons. The van der Waals surface area contributed by atoms with Gasteiger partial charge in [-0.05, 0) is 64.7 Å². The average molecular weight is 214 g/mol. The lowest BCUT2D eigenvalue weighted by Crippen LogP contribution is -1.97. The van der Waals surface area contributed by atoms with Gasteiger partial charge in [0.15, 0.2) is 0 Å². The standard InChI is InChI=1S/C13H14N2O/c1-8-3-10(7-14)5-11-6-12(15-16)4-9(2)13(8)11/h3-6H,7,14H2,1-2H3. The van der Waals surface area contributed by atoms with Crippen molar-refractivity contribution in [3.05, 3.63) is 45.9 Å². The van der Waals surface area contributed by atoms with E-state index >= 15 is 0 Å². The maximum Gasteiger partial charge on any atom is 0.108 e. The Morgan fingerprint density at radius 1 is 1.12 bits per heavy atom. The minimum Gasteiger partial charge on any atom is -0.326 e. The third-order valence-electron chi connectivity index (χ3n) is 2.83. The molecule has 2 aromatic rings. The lowest BCUT2D eigenvalue weighted by Gasteiger charge is -2.09. The van der Waals surface area contributed by atoms with Crippen molar-refractivity contribution in [3.8, 4) is 0 Å². The van der Waals surface area contributed by atoms with Gasteiger partial charge >= 0.3 is 0 Å². The molecule has 3 heteroatoms. The van der Waals surface area contributed by atoms with Gasteiger partial charge in [0.25, 0.3) is 0 Å². The number of aryl methyl sites for hydroxylation is 2. The Labute approximate surface area is 94.2 Å². The van der Waals surface area contributed by atoms with Crippen LogP contribution in [-0.4, -0.2) is 0 Å². The van der Waals surface area contributed by atoms with Crippen LogP contribution in [0.3, 0.4) is 0 Å². The van der Waals surface area contributed by atoms with Crippen molar-refractivity contribution in [3.63, 3.8) is 0 Å². The van der Waals surface area contributed by atoms with E-state index in [1.54, 1.807) is 0 Å². The highest BCUT2D eigenvalue weighted by Gasteiger charge is 2.05. The molecule has 0 amide bonds. The van der Waals surface area contributed by atoms with E-state index in [1.165, 1.54) is 10.9 Å². The van der Waals surface area contributed by atoms with Crippen LogP contribution in [0.4, 0.5) is 5.69 Å². The molecule has 0 spiro atoms. The molecule has 2 aromatic carbocycles. The van der Waals surface area contributed by atoms with Gasteiger partial charge in [0, 0.05) is 6.54 Å². The number of hydrogen-bond donors (Lipinski definition) is 1. The summed E-state index contributed by atoms with van der Waals surface area (Å²) >= 11 is 0. The fourth-order valence-corrected chi connectivity index (χ4v) is 2.21. The van der Waals surface area contributed by atoms with Gasteiger partial charge in [-0.25, -0.2) is 0 Å². The van der Waals surface area contributed by atoms with Crippen LogP contribution in [0.2, 0.25) is 0 Å². The molecule has 0 heterocycles. The Hall–Kier alpha value is -1.74. The summed E-state index contributed by atoms with van der Waals surface area (Å²) in [4.78, 5) is 10.6. The molecule has 0 bridgehead atoms. The largest absolute Gasteiger partial charge is 0.326 e. The van der Waals surface area contributed by atoms with E-state index in [1.807, 2.05) is 25.1 Å². The van der Waals surface area contributed by atoms with E-state index in [4.69, 9.17) is 5.73 Å². The summed E-state index contributed by atoms with van der Waals surface area (Å²) in [5, 5.41) is 5.21. The van der Waals surface area contributed by atoms with Crippen molar-refractivity contribution in [1.82, 2.24) is 0 Å². The summed E-state index contributed by atoms with van der Waals surface area (Å²) in [6, 6.07) is 7.72. The molecule has 0 aromatic heterocycles. The van der Waals surface area contributed by atoms with Gasteiger partial charge in [-0.2, -0.15) is 0 Å². The molecule has 0 unspecified atom stereocenters. The monoisotopic (exact) mass is 214 g/mol. The van der Waals surface area contributed by atoms with Crippen molar-refractivity contribution in [2.45, 2.75) is 20.4 Å². The van der Waals surface area contributed by atoms with Gasteiger partial charge in [0.2, 0.25) is 0 Å². The first-order valence-corrected chi connectivity index (χ1v) is 5.23. The second kappa shape index (κ2) is 4.02. The molecule has 0 saturated carbocycles. The normalized spacial score (nSPS) is 10.7. The van der Waals surface area contributed by atoms with Gasteiger partial charge in [0.05, 0.1) is 0 Å². The fourth-order valence-electron chi connectivity index (χ4n) is 2.21. The number of nitrogens with zero attached hydrogens (tertiary/aromatic N) is 1. The van der Waals surface area contributed by atoms with Crippen LogP contribution in [0.1, 0.15) is 16.7 Å². The van der Waals surface area contributed by atoms with E-state index in [0.717, 1.165) is 16.5 Å². The summed E-state index contributed by atoms with van der Waals surface area (Å²) < 4.78 is 0. The predicted molar refractivity (Wildman–Crippen MR) is 66.8 cm³/mol. The molecule has 0 aliphatic rings. The zero-order valence-corrected chi connectivity index (χ0v) is 9.45. The summed E-state index contributed by atoms with van der Waals surface area (Å²) in [5.74, 6) is 0. The lowest BCUT2D eigenvalue weighted by molar-refractivity contribution is 1.07. The Bertz CT molecular complexity index is 561. The molecule has 0 saturated heterocycles. The third-order valence-corrected chi connectivity index (χ3v) is 2.83. The number of hydrogen-bond acceptors (Lipinski definition) is 3. The zero-order valence-electron chi connectivity index (χ0n) is 9.45. The molecule has 0 fully saturated rings. The van der Waals surface area contributed by atoms with Crippen LogP contribution >= 0.6 is 0 Å². The van der Waals surface area contributed by atoms with Crippen LogP contribution in [-0.2, 0) is 6.54 Å². The smallest absolute Gasteiger partial charge is 0.108 e. The van der Waals surface area contributed by atoms with E-state index in [0.29, 0.717) is 12.2 Å². The fraction of sp³-hybridized carbons (Fsp3) is 0.231. The van der Waals surface area contributed by atoms with E-state index < -0.39 is 0 Å². The number of benzene rings is 2. The number of rotatable bonds is 2. The molecule has 82 valence electrons. The molecule has 2 N–H and O–H groups in total. The first-order valence-electron chi connectivity index (χ1n) is 5.23. The van der Waals surface area contributed by atoms with Crippen molar-refractivity contribution in [1.29, 1.82) is 0 Å². The quantitative estimate of drug-likeness (QED) is 0.779. The molecule has 2 rings (SSSR count). The van der Waals surface area contributed by atoms with Crippen LogP contribution in [0.5, 0.6) is 0 Å². The van der Waals surface area contributed by atoms with Crippen LogP contribution in [0, 0.1) is 18.8 Å². The summed E-state index contributed by atoms with van der Waals surface area (Å²) in [5.41, 5.74) is 9.45. The number of nitroso groups, excluding NO2 is 1. The van der Waals surface area contributed by atoms with Gasteiger partial charge in [-0.3, -0.25) is 0 Å². The summed E-state index contributed by atoms with van der Waals surface area (Å²) in [6.45, 7) is 4.56. The second-order valence-corrected chi connectivity index (χ2v) is 4.07. The van der Waals surface area contributed by atoms with Gasteiger partial charge in [-0.1, -0.05) is 6.07 Å². The van der Waals surface area contributed by atoms with Crippen LogP contribution < -0.4 is 5.73 Å². The highest BCUT2D eigenvalue weighted by molar-refractivity contribution is 5.91. The molecule has 0 atom stereocenters. The maximum absolute atomic E-state index is 10.6. The molecule has 16 heavy (non-hydrogen) atoms. The van der Waals surface area contributed by atoms with Crippen molar-refractivity contribution in [2.24, 2.45) is 10.9 Å². The highest BCUT2D eigenvalue weighted by atomic mass is 16.3. The lowest BCUT2D eigenvalue weighted by atomic mass is 9.97. The summed E-state index contributed by atoms with van der Waals surface area (Å²) in [7, 11) is 0. The Kier molecular flexibility index (Phi) is 2.71. The zero-order chi connectivity index (χ0) is 11.7. The van der Waals surface area contributed by atoms with Crippen LogP contribution in [0.25, 0.3) is 10.8 Å². The molecular formula is C13H14N2O. The molecule has 0 aliphatic carbocycles. The minimum absolute atomic E-state index is 0.471. The molecule has 0 aliphatic heterocycles. The van der Waals surface area contributed by atoms with Gasteiger partial charge in [-0.15, -0.1) is 4.91 Å². The van der Waals surface area contributed by atoms with Crippen molar-refractivity contribution < 1.29 is 0 Å².